The Morgan fingerprint density at radius 2 is 0.710 bits per heavy atom. The van der Waals surface area contributed by atoms with Crippen molar-refractivity contribution in [2.75, 3.05) is 19.8 Å². The Labute approximate surface area is 188 Å². The maximum absolute atomic E-state index is 10.3. The number of carbonyl (C=O) groups is 6. The van der Waals surface area contributed by atoms with E-state index in [0.717, 1.165) is 18.2 Å². The second-order valence-corrected chi connectivity index (χ2v) is 4.21. The van der Waals surface area contributed by atoms with Gasteiger partial charge in [0.1, 0.15) is 0 Å². The third-order valence-electron chi connectivity index (χ3n) is 1.93. The molecule has 1 radical (unpaired) electrons. The Balaban J connectivity index is -0.000000174. The van der Waals surface area contributed by atoms with E-state index in [4.69, 9.17) is 0 Å². The maximum Gasteiger partial charge on any atom is 3.00 e. The first-order valence-electron chi connectivity index (χ1n) is 8.17. The molecule has 0 amide bonds. The van der Waals surface area contributed by atoms with Crippen LogP contribution in [0.1, 0.15) is 20.8 Å². The van der Waals surface area contributed by atoms with Crippen LogP contribution in [0.3, 0.4) is 0 Å². The Morgan fingerprint density at radius 3 is 0.839 bits per heavy atom. The molecule has 0 spiro atoms. The van der Waals surface area contributed by atoms with E-state index in [0.29, 0.717) is 18.2 Å². The van der Waals surface area contributed by atoms with Gasteiger partial charge >= 0.3 is 35.0 Å². The van der Waals surface area contributed by atoms with Crippen molar-refractivity contribution in [3.63, 3.8) is 0 Å². The second kappa shape index (κ2) is 24.6. The monoisotopic (exact) mass is 485 g/mol. The Bertz CT molecular complexity index is 574. The third-order valence-corrected chi connectivity index (χ3v) is 1.93. The van der Waals surface area contributed by atoms with Crippen LogP contribution in [-0.4, -0.2) is 55.6 Å². The molecule has 0 saturated carbocycles. The molecule has 0 aliphatic heterocycles. The van der Waals surface area contributed by atoms with Crippen molar-refractivity contribution in [2.45, 2.75) is 20.8 Å². The summed E-state index contributed by atoms with van der Waals surface area (Å²) >= 11 is 0. The molecule has 0 fully saturated rings. The molecule has 0 rings (SSSR count). The van der Waals surface area contributed by atoms with E-state index in [-0.39, 0.29) is 36.9 Å². The van der Waals surface area contributed by atoms with Crippen LogP contribution in [0.4, 0.5) is 0 Å². The first kappa shape index (κ1) is 35.0. The number of ether oxygens (including phenoxy) is 3. The van der Waals surface area contributed by atoms with E-state index in [2.05, 4.69) is 14.2 Å². The molecule has 31 heavy (non-hydrogen) atoms. The molecule has 0 aromatic rings. The summed E-state index contributed by atoms with van der Waals surface area (Å²) in [4.78, 5) is 60.1. The van der Waals surface area contributed by atoms with Crippen LogP contribution in [0.25, 0.3) is 0 Å². The van der Waals surface area contributed by atoms with Gasteiger partial charge in [0.15, 0.2) is 0 Å². The van der Waals surface area contributed by atoms with Crippen LogP contribution in [-0.2, 0) is 60.0 Å². The summed E-state index contributed by atoms with van der Waals surface area (Å²) in [5.41, 5.74) is 0. The van der Waals surface area contributed by atoms with Gasteiger partial charge in [0, 0.05) is 18.2 Å². The molecule has 0 N–H and O–H groups in total. The summed E-state index contributed by atoms with van der Waals surface area (Å²) in [6.45, 7) is 5.59. The fourth-order valence-electron chi connectivity index (χ4n) is 0.979. The van der Waals surface area contributed by atoms with Gasteiger partial charge in [-0.2, -0.15) is 0 Å². The molecular formula is C18H21FeO12. The Hall–Kier alpha value is -3.44. The summed E-state index contributed by atoms with van der Waals surface area (Å²) in [5, 5.41) is 29.1. The van der Waals surface area contributed by atoms with Crippen LogP contribution < -0.4 is 15.3 Å². The van der Waals surface area contributed by atoms with Crippen molar-refractivity contribution >= 4 is 35.8 Å². The molecule has 0 aliphatic rings. The Morgan fingerprint density at radius 1 is 0.516 bits per heavy atom. The molecule has 0 aliphatic carbocycles. The van der Waals surface area contributed by atoms with E-state index in [1.807, 2.05) is 0 Å². The molecule has 12 nitrogen and oxygen atoms in total. The minimum atomic E-state index is -1.41. The molecule has 0 aromatic carbocycles. The first-order chi connectivity index (χ1) is 14.0. The third kappa shape index (κ3) is 37.9. The summed E-state index contributed by atoms with van der Waals surface area (Å²) in [5.74, 6) is -6.25. The quantitative estimate of drug-likeness (QED) is 0.136. The zero-order valence-electron chi connectivity index (χ0n) is 16.8. The molecule has 173 valence electrons. The molecular weight excluding hydrogens is 464 g/mol. The van der Waals surface area contributed by atoms with Crippen LogP contribution in [0.2, 0.25) is 0 Å². The van der Waals surface area contributed by atoms with E-state index in [1.165, 1.54) is 0 Å². The molecule has 0 heterocycles. The van der Waals surface area contributed by atoms with Crippen molar-refractivity contribution in [3.05, 3.63) is 36.5 Å². The maximum atomic E-state index is 10.3. The number of hydrogen-bond donors (Lipinski definition) is 0. The van der Waals surface area contributed by atoms with Gasteiger partial charge in [-0.05, 0) is 39.0 Å². The largest absolute Gasteiger partial charge is 3.00 e. The molecule has 13 heteroatoms. The fourth-order valence-corrected chi connectivity index (χ4v) is 0.979. The second-order valence-electron chi connectivity index (χ2n) is 4.21. The molecule has 0 atom stereocenters. The van der Waals surface area contributed by atoms with E-state index in [9.17, 15) is 44.1 Å². The summed E-state index contributed by atoms with van der Waals surface area (Å²) in [7, 11) is 0. The van der Waals surface area contributed by atoms with Crippen LogP contribution in [0.5, 0.6) is 0 Å². The number of rotatable bonds is 9. The van der Waals surface area contributed by atoms with Crippen molar-refractivity contribution in [2.24, 2.45) is 0 Å². The van der Waals surface area contributed by atoms with Crippen LogP contribution >= 0.6 is 0 Å². The zero-order valence-corrected chi connectivity index (χ0v) is 17.9. The minimum Gasteiger partial charge on any atom is -0.545 e. The normalized spacial score (nSPS) is 9.39. The molecule has 0 aromatic heterocycles. The van der Waals surface area contributed by atoms with Crippen LogP contribution in [0.15, 0.2) is 36.5 Å². The molecule has 0 bridgehead atoms. The van der Waals surface area contributed by atoms with Crippen molar-refractivity contribution in [1.29, 1.82) is 0 Å². The average molecular weight is 485 g/mol. The van der Waals surface area contributed by atoms with Gasteiger partial charge < -0.3 is 43.9 Å². The zero-order chi connectivity index (χ0) is 23.9. The van der Waals surface area contributed by atoms with Gasteiger partial charge in [-0.3, -0.25) is 0 Å². The number of aliphatic carboxylic acids is 3. The van der Waals surface area contributed by atoms with Gasteiger partial charge in [0.05, 0.1) is 37.7 Å². The number of hydrogen-bond acceptors (Lipinski definition) is 12. The number of carbonyl (C=O) groups excluding carboxylic acids is 6. The van der Waals surface area contributed by atoms with Crippen LogP contribution in [0, 0.1) is 0 Å². The minimum absolute atomic E-state index is 0. The standard InChI is InChI=1S/3C6H8O4.Fe/c3*1-2-10-6(9)4-3-5(7)8;/h3*3-4H,2H2,1H3,(H,7,8);/q;;;+3/p-3/b3*4-3+;. The number of carboxylic acid groups (broad SMARTS) is 3. The summed E-state index contributed by atoms with van der Waals surface area (Å²) in [6.07, 6.45) is 4.28. The van der Waals surface area contributed by atoms with Gasteiger partial charge in [-0.15, -0.1) is 0 Å². The predicted molar refractivity (Wildman–Crippen MR) is 92.3 cm³/mol. The van der Waals surface area contributed by atoms with Crippen molar-refractivity contribution in [3.8, 4) is 0 Å². The molecule has 0 unspecified atom stereocenters. The smallest absolute Gasteiger partial charge is 0.545 e. The Kier molecular flexibility index (Phi) is 27.8. The van der Waals surface area contributed by atoms with Crippen molar-refractivity contribution < 1.29 is 75.4 Å². The number of carboxylic acids is 3. The predicted octanol–water partition coefficient (Wildman–Crippen LogP) is -3.44. The van der Waals surface area contributed by atoms with E-state index < -0.39 is 35.8 Å². The SMILES string of the molecule is CCOC(=O)/C=C/C(=O)[O-].CCOC(=O)/C=C/C(=O)[O-].CCOC(=O)/C=C/C(=O)[O-].[Fe+3]. The topological polar surface area (TPSA) is 199 Å². The number of esters is 3. The fraction of sp³-hybridized carbons (Fsp3) is 0.333. The van der Waals surface area contributed by atoms with E-state index >= 15 is 0 Å². The summed E-state index contributed by atoms with van der Waals surface area (Å²) in [6, 6.07) is 0. The summed E-state index contributed by atoms with van der Waals surface area (Å²) < 4.78 is 13.1. The van der Waals surface area contributed by atoms with E-state index in [1.54, 1.807) is 20.8 Å². The van der Waals surface area contributed by atoms with Gasteiger partial charge in [-0.25, -0.2) is 14.4 Å². The molecule has 0 saturated heterocycles. The first-order valence-corrected chi connectivity index (χ1v) is 8.17. The van der Waals surface area contributed by atoms with Gasteiger partial charge in [0.2, 0.25) is 0 Å². The van der Waals surface area contributed by atoms with Gasteiger partial charge in [-0.1, -0.05) is 0 Å². The van der Waals surface area contributed by atoms with Crippen molar-refractivity contribution in [1.82, 2.24) is 0 Å². The average Bonchev–Trinajstić information content (AvgIpc) is 2.65. The van der Waals surface area contributed by atoms with Gasteiger partial charge in [0.25, 0.3) is 0 Å².